The monoisotopic (exact) mass is 497 g/mol. The molecule has 194 valence electrons. The molecule has 0 saturated carbocycles. The molecule has 1 aliphatic heterocycles. The van der Waals surface area contributed by atoms with Gasteiger partial charge in [0.05, 0.1) is 11.5 Å². The van der Waals surface area contributed by atoms with Crippen LogP contribution in [-0.4, -0.2) is 45.5 Å². The third-order valence-electron chi connectivity index (χ3n) is 6.64. The lowest BCUT2D eigenvalue weighted by atomic mass is 10.0. The highest BCUT2D eigenvalue weighted by atomic mass is 16.6. The summed E-state index contributed by atoms with van der Waals surface area (Å²) in [5, 5.41) is 11.1. The summed E-state index contributed by atoms with van der Waals surface area (Å²) in [4.78, 5) is 28.8. The minimum atomic E-state index is -0.906. The van der Waals surface area contributed by atoms with Gasteiger partial charge in [-0.3, -0.25) is 9.36 Å². The maximum atomic E-state index is 12.7. The molecule has 0 radical (unpaired) electrons. The molecule has 1 aliphatic rings. The highest BCUT2D eigenvalue weighted by molar-refractivity contribution is 5.79. The quantitative estimate of drug-likeness (QED) is 0.321. The van der Waals surface area contributed by atoms with E-state index in [1.165, 1.54) is 29.4 Å². The van der Waals surface area contributed by atoms with Crippen molar-refractivity contribution in [3.05, 3.63) is 52.6 Å². The van der Waals surface area contributed by atoms with Gasteiger partial charge in [-0.25, -0.2) is 4.79 Å². The number of unbranched alkanes of at least 4 members (excludes halogenated alkanes) is 2. The summed E-state index contributed by atoms with van der Waals surface area (Å²) in [5.74, 6) is -0.00235. The average molecular weight is 498 g/mol. The zero-order valence-corrected chi connectivity index (χ0v) is 21.1. The van der Waals surface area contributed by atoms with Crippen molar-refractivity contribution in [2.45, 2.75) is 77.4 Å². The van der Waals surface area contributed by atoms with Gasteiger partial charge in [-0.15, -0.1) is 0 Å². The summed E-state index contributed by atoms with van der Waals surface area (Å²) in [7, 11) is 0. The number of furan rings is 1. The van der Waals surface area contributed by atoms with Gasteiger partial charge < -0.3 is 24.7 Å². The van der Waals surface area contributed by atoms with E-state index in [9.17, 15) is 14.7 Å². The van der Waals surface area contributed by atoms with Crippen molar-refractivity contribution in [2.75, 3.05) is 6.61 Å². The van der Waals surface area contributed by atoms with Gasteiger partial charge in [0.15, 0.2) is 0 Å². The molecule has 3 N–H and O–H groups in total. The number of nitrogens with zero attached hydrogens (tertiary/aromatic N) is 2. The number of aromatic nitrogens is 2. The minimum absolute atomic E-state index is 0.0698. The van der Waals surface area contributed by atoms with E-state index < -0.39 is 36.1 Å². The van der Waals surface area contributed by atoms with Gasteiger partial charge in [0.25, 0.3) is 0 Å². The summed E-state index contributed by atoms with van der Waals surface area (Å²) >= 11 is 0. The molecule has 1 fully saturated rings. The molecule has 4 rings (SSSR count). The Labute approximate surface area is 210 Å². The Morgan fingerprint density at radius 3 is 2.72 bits per heavy atom. The molecule has 0 spiro atoms. The first kappa shape index (κ1) is 26.1. The Bertz CT molecular complexity index is 1230. The predicted molar refractivity (Wildman–Crippen MR) is 135 cm³/mol. The number of fused-ring (bicyclic) bond motifs is 1. The van der Waals surface area contributed by atoms with Crippen LogP contribution in [0.4, 0.5) is 0 Å². The third-order valence-corrected chi connectivity index (χ3v) is 6.64. The Morgan fingerprint density at radius 2 is 2.03 bits per heavy atom. The van der Waals surface area contributed by atoms with Gasteiger partial charge in [0.2, 0.25) is 5.71 Å². The molecule has 3 heterocycles. The highest BCUT2D eigenvalue weighted by Gasteiger charge is 2.37. The third kappa shape index (κ3) is 5.86. The van der Waals surface area contributed by atoms with E-state index in [2.05, 4.69) is 24.0 Å². The fourth-order valence-corrected chi connectivity index (χ4v) is 4.26. The molecule has 1 aromatic carbocycles. The number of esters is 1. The van der Waals surface area contributed by atoms with Crippen LogP contribution in [0.2, 0.25) is 0 Å². The predicted octanol–water partition coefficient (Wildman–Crippen LogP) is 3.56. The average Bonchev–Trinajstić information content (AvgIpc) is 3.44. The SMILES string of the molecule is CCCCCc1ccc(-c2cc3cn([C@H]4CC(O)[C@@H](COC(=O)C(N)C(C)C)O4)c(=O)nc3o2)cc1. The van der Waals surface area contributed by atoms with E-state index >= 15 is 0 Å². The molecule has 3 aromatic rings. The number of hydrogen-bond acceptors (Lipinski definition) is 8. The van der Waals surface area contributed by atoms with Crippen LogP contribution in [0.1, 0.15) is 58.2 Å². The Morgan fingerprint density at radius 1 is 1.28 bits per heavy atom. The van der Waals surface area contributed by atoms with Crippen LogP contribution in [0.25, 0.3) is 22.4 Å². The van der Waals surface area contributed by atoms with Crippen LogP contribution in [0.15, 0.2) is 45.7 Å². The molecular weight excluding hydrogens is 462 g/mol. The lowest BCUT2D eigenvalue weighted by molar-refractivity contribution is -0.152. The number of rotatable bonds is 10. The smallest absolute Gasteiger partial charge is 0.353 e. The van der Waals surface area contributed by atoms with Crippen LogP contribution in [0, 0.1) is 5.92 Å². The number of aliphatic hydroxyl groups is 1. The lowest BCUT2D eigenvalue weighted by Gasteiger charge is -2.18. The molecule has 0 bridgehead atoms. The molecule has 9 nitrogen and oxygen atoms in total. The van der Waals surface area contributed by atoms with E-state index in [1.54, 1.807) is 6.20 Å². The van der Waals surface area contributed by atoms with Crippen molar-refractivity contribution in [1.29, 1.82) is 0 Å². The number of carbonyl (C=O) groups is 1. The first-order valence-electron chi connectivity index (χ1n) is 12.6. The summed E-state index contributed by atoms with van der Waals surface area (Å²) in [6.45, 7) is 5.69. The summed E-state index contributed by atoms with van der Waals surface area (Å²) in [6, 6.07) is 9.31. The summed E-state index contributed by atoms with van der Waals surface area (Å²) < 4.78 is 18.3. The zero-order chi connectivity index (χ0) is 25.8. The van der Waals surface area contributed by atoms with E-state index in [-0.39, 0.29) is 24.7 Å². The van der Waals surface area contributed by atoms with Crippen molar-refractivity contribution in [3.63, 3.8) is 0 Å². The van der Waals surface area contributed by atoms with Crippen LogP contribution >= 0.6 is 0 Å². The number of aryl methyl sites for hydroxylation is 1. The van der Waals surface area contributed by atoms with Crippen LogP contribution in [-0.2, 0) is 20.7 Å². The van der Waals surface area contributed by atoms with E-state index in [0.29, 0.717) is 11.1 Å². The fourth-order valence-electron chi connectivity index (χ4n) is 4.26. The molecule has 4 atom stereocenters. The Balaban J connectivity index is 1.46. The van der Waals surface area contributed by atoms with Crippen LogP contribution < -0.4 is 11.4 Å². The van der Waals surface area contributed by atoms with E-state index in [0.717, 1.165) is 12.0 Å². The molecule has 2 unspecified atom stereocenters. The summed E-state index contributed by atoms with van der Waals surface area (Å²) in [6.07, 6.45) is 4.00. The minimum Gasteiger partial charge on any atom is -0.462 e. The number of nitrogens with two attached hydrogens (primary N) is 1. The first-order chi connectivity index (χ1) is 17.3. The molecule has 9 heteroatoms. The first-order valence-corrected chi connectivity index (χ1v) is 12.6. The maximum absolute atomic E-state index is 12.7. The molecule has 0 amide bonds. The highest BCUT2D eigenvalue weighted by Crippen LogP contribution is 2.31. The molecule has 0 aliphatic carbocycles. The molecular formula is C27H35N3O6. The van der Waals surface area contributed by atoms with Gasteiger partial charge in [0.1, 0.15) is 30.7 Å². The molecule has 36 heavy (non-hydrogen) atoms. The van der Waals surface area contributed by atoms with Gasteiger partial charge in [-0.1, -0.05) is 57.9 Å². The lowest BCUT2D eigenvalue weighted by Crippen LogP contribution is -2.39. The molecule has 1 saturated heterocycles. The van der Waals surface area contributed by atoms with Crippen LogP contribution in [0.5, 0.6) is 0 Å². The van der Waals surface area contributed by atoms with Crippen molar-refractivity contribution < 1.29 is 23.8 Å². The standard InChI is InChI=1S/C27H35N3O6/c1-4-5-6-7-17-8-10-18(11-9-17)21-12-19-14-30(27(33)29-25(19)36-21)23-13-20(31)22(35-23)15-34-26(32)24(28)16(2)3/h8-12,14,16,20,22-24,31H,4-7,13,15,28H2,1-3H3/t20?,22-,23-,24?/m1/s1. The second kappa shape index (κ2) is 11.4. The second-order valence-electron chi connectivity index (χ2n) is 9.79. The number of hydrogen-bond donors (Lipinski definition) is 2. The Kier molecular flexibility index (Phi) is 8.23. The van der Waals surface area contributed by atoms with Gasteiger partial charge in [-0.2, -0.15) is 4.98 Å². The number of benzene rings is 1. The summed E-state index contributed by atoms with van der Waals surface area (Å²) in [5.41, 5.74) is 7.68. The van der Waals surface area contributed by atoms with Crippen molar-refractivity contribution in [2.24, 2.45) is 11.7 Å². The van der Waals surface area contributed by atoms with Crippen LogP contribution in [0.3, 0.4) is 0 Å². The van der Waals surface area contributed by atoms with E-state index in [1.807, 2.05) is 32.0 Å². The van der Waals surface area contributed by atoms with E-state index in [4.69, 9.17) is 19.6 Å². The van der Waals surface area contributed by atoms with Gasteiger partial charge in [-0.05, 0) is 30.4 Å². The largest absolute Gasteiger partial charge is 0.462 e. The number of carbonyl (C=O) groups excluding carboxylic acids is 1. The maximum Gasteiger partial charge on any atom is 0.353 e. The number of aliphatic hydroxyl groups excluding tert-OH is 1. The topological polar surface area (TPSA) is 130 Å². The Hall–Kier alpha value is -3.01. The van der Waals surface area contributed by atoms with Crippen molar-refractivity contribution in [3.8, 4) is 11.3 Å². The van der Waals surface area contributed by atoms with Crippen molar-refractivity contribution in [1.82, 2.24) is 9.55 Å². The second-order valence-corrected chi connectivity index (χ2v) is 9.79. The van der Waals surface area contributed by atoms with Gasteiger partial charge >= 0.3 is 11.7 Å². The molecule has 2 aromatic heterocycles. The zero-order valence-electron chi connectivity index (χ0n) is 21.1. The fraction of sp³-hybridized carbons (Fsp3) is 0.519. The van der Waals surface area contributed by atoms with Crippen molar-refractivity contribution >= 4 is 17.1 Å². The number of ether oxygens (including phenoxy) is 2. The normalized spacial score (nSPS) is 20.8. The van der Waals surface area contributed by atoms with Gasteiger partial charge in [0, 0.05) is 18.2 Å².